The van der Waals surface area contributed by atoms with Gasteiger partial charge in [0.25, 0.3) is 0 Å². The molecular weight excluding hydrogens is 250 g/mol. The largest absolute Gasteiger partial charge is 0.368 e. The van der Waals surface area contributed by atoms with Crippen molar-refractivity contribution in [1.29, 1.82) is 10.5 Å². The van der Waals surface area contributed by atoms with Crippen LogP contribution in [0.1, 0.15) is 5.56 Å². The zero-order valence-electron chi connectivity index (χ0n) is 9.52. The summed E-state index contributed by atoms with van der Waals surface area (Å²) in [5.41, 5.74) is 1.09. The predicted octanol–water partition coefficient (Wildman–Crippen LogP) is 1.40. The Morgan fingerprint density at radius 2 is 2.22 bits per heavy atom. The maximum atomic E-state index is 8.88. The van der Waals surface area contributed by atoms with E-state index in [0.29, 0.717) is 17.5 Å². The van der Waals surface area contributed by atoms with Crippen LogP contribution in [0.3, 0.4) is 0 Å². The highest BCUT2D eigenvalue weighted by atomic mass is 35.5. The molecule has 1 aromatic heterocycles. The smallest absolute Gasteiger partial charge is 0.169 e. The number of rotatable bonds is 2. The van der Waals surface area contributed by atoms with Crippen molar-refractivity contribution in [2.75, 3.05) is 13.1 Å². The SMILES string of the molecule is N#CC(C#N)=C1NCCN1Cc1ccc(Cl)nc1. The molecule has 1 fully saturated rings. The summed E-state index contributed by atoms with van der Waals surface area (Å²) >= 11 is 5.72. The van der Waals surface area contributed by atoms with Gasteiger partial charge in [-0.15, -0.1) is 0 Å². The summed E-state index contributed by atoms with van der Waals surface area (Å²) in [5, 5.41) is 21.3. The Hall–Kier alpha value is -2.24. The maximum absolute atomic E-state index is 8.88. The molecule has 1 aromatic rings. The summed E-state index contributed by atoms with van der Waals surface area (Å²) < 4.78 is 0. The van der Waals surface area contributed by atoms with E-state index in [0.717, 1.165) is 18.7 Å². The van der Waals surface area contributed by atoms with Crippen LogP contribution in [-0.4, -0.2) is 23.0 Å². The van der Waals surface area contributed by atoms with Gasteiger partial charge >= 0.3 is 0 Å². The Balaban J connectivity index is 2.19. The predicted molar refractivity (Wildman–Crippen MR) is 65.9 cm³/mol. The van der Waals surface area contributed by atoms with Crippen LogP contribution < -0.4 is 5.32 Å². The van der Waals surface area contributed by atoms with Crippen LogP contribution in [-0.2, 0) is 6.54 Å². The van der Waals surface area contributed by atoms with E-state index in [1.807, 2.05) is 23.1 Å². The molecule has 6 heteroatoms. The van der Waals surface area contributed by atoms with Crippen LogP contribution >= 0.6 is 11.6 Å². The van der Waals surface area contributed by atoms with Crippen LogP contribution in [0.5, 0.6) is 0 Å². The summed E-state index contributed by atoms with van der Waals surface area (Å²) in [6.45, 7) is 2.08. The van der Waals surface area contributed by atoms with Gasteiger partial charge in [-0.25, -0.2) is 4.98 Å². The van der Waals surface area contributed by atoms with Crippen LogP contribution in [0, 0.1) is 22.7 Å². The second-order valence-electron chi connectivity index (χ2n) is 3.78. The molecule has 0 amide bonds. The van der Waals surface area contributed by atoms with E-state index in [2.05, 4.69) is 10.3 Å². The number of nitrogens with zero attached hydrogens (tertiary/aromatic N) is 4. The summed E-state index contributed by atoms with van der Waals surface area (Å²) in [6, 6.07) is 7.39. The molecule has 1 N–H and O–H groups in total. The number of nitriles is 2. The number of nitrogens with one attached hydrogen (secondary N) is 1. The highest BCUT2D eigenvalue weighted by molar-refractivity contribution is 6.29. The van der Waals surface area contributed by atoms with E-state index in [1.54, 1.807) is 12.3 Å². The van der Waals surface area contributed by atoms with Gasteiger partial charge in [-0.05, 0) is 11.6 Å². The van der Waals surface area contributed by atoms with Gasteiger partial charge in [-0.1, -0.05) is 17.7 Å². The third-order valence-corrected chi connectivity index (χ3v) is 2.84. The van der Waals surface area contributed by atoms with Crippen molar-refractivity contribution in [2.24, 2.45) is 0 Å². The molecular formula is C12H10ClN5. The molecule has 0 aliphatic carbocycles. The highest BCUT2D eigenvalue weighted by Gasteiger charge is 2.20. The zero-order valence-corrected chi connectivity index (χ0v) is 10.3. The third-order valence-electron chi connectivity index (χ3n) is 2.61. The van der Waals surface area contributed by atoms with Gasteiger partial charge < -0.3 is 10.2 Å². The van der Waals surface area contributed by atoms with Crippen molar-refractivity contribution < 1.29 is 0 Å². The standard InChI is InChI=1S/C12H10ClN5/c13-11-2-1-9(7-17-11)8-18-4-3-16-12(18)10(5-14)6-15/h1-2,7,16H,3-4,8H2. The first-order chi connectivity index (χ1) is 8.74. The number of aromatic nitrogens is 1. The van der Waals surface area contributed by atoms with Crippen LogP contribution in [0.25, 0.3) is 0 Å². The minimum absolute atomic E-state index is 0.106. The van der Waals surface area contributed by atoms with Gasteiger partial charge in [0.2, 0.25) is 0 Å². The molecule has 90 valence electrons. The number of hydrogen-bond donors (Lipinski definition) is 1. The summed E-state index contributed by atoms with van der Waals surface area (Å²) in [4.78, 5) is 5.95. The van der Waals surface area contributed by atoms with Gasteiger partial charge in [-0.3, -0.25) is 0 Å². The van der Waals surface area contributed by atoms with Crippen molar-refractivity contribution in [1.82, 2.24) is 15.2 Å². The molecule has 1 aliphatic rings. The van der Waals surface area contributed by atoms with Gasteiger partial charge in [0, 0.05) is 25.8 Å². The van der Waals surface area contributed by atoms with Gasteiger partial charge in [-0.2, -0.15) is 10.5 Å². The quantitative estimate of drug-likeness (QED) is 0.642. The molecule has 2 rings (SSSR count). The molecule has 0 aromatic carbocycles. The van der Waals surface area contributed by atoms with Crippen molar-refractivity contribution in [2.45, 2.75) is 6.54 Å². The molecule has 0 unspecified atom stereocenters. The molecule has 0 saturated carbocycles. The summed E-state index contributed by atoms with van der Waals surface area (Å²) in [5.74, 6) is 0.593. The highest BCUT2D eigenvalue weighted by Crippen LogP contribution is 2.16. The second kappa shape index (κ2) is 5.39. The minimum atomic E-state index is 0.106. The topological polar surface area (TPSA) is 75.7 Å². The second-order valence-corrected chi connectivity index (χ2v) is 4.17. The summed E-state index contributed by atoms with van der Waals surface area (Å²) in [6.07, 6.45) is 1.69. The Kier molecular flexibility index (Phi) is 3.66. The van der Waals surface area contributed by atoms with E-state index in [4.69, 9.17) is 22.1 Å². The number of hydrogen-bond acceptors (Lipinski definition) is 5. The Labute approximate surface area is 110 Å². The van der Waals surface area contributed by atoms with E-state index in [1.165, 1.54) is 0 Å². The van der Waals surface area contributed by atoms with E-state index >= 15 is 0 Å². The fourth-order valence-corrected chi connectivity index (χ4v) is 1.90. The molecule has 5 nitrogen and oxygen atoms in total. The molecule has 1 saturated heterocycles. The van der Waals surface area contributed by atoms with Gasteiger partial charge in [0.15, 0.2) is 5.57 Å². The summed E-state index contributed by atoms with van der Waals surface area (Å²) in [7, 11) is 0. The van der Waals surface area contributed by atoms with Crippen molar-refractivity contribution in [3.63, 3.8) is 0 Å². The lowest BCUT2D eigenvalue weighted by Gasteiger charge is -2.18. The first kappa shape index (κ1) is 12.2. The number of pyridine rings is 1. The maximum Gasteiger partial charge on any atom is 0.169 e. The van der Waals surface area contributed by atoms with E-state index < -0.39 is 0 Å². The number of allylic oxidation sites excluding steroid dienone is 1. The zero-order chi connectivity index (χ0) is 13.0. The van der Waals surface area contributed by atoms with Crippen molar-refractivity contribution in [3.8, 4) is 12.1 Å². The van der Waals surface area contributed by atoms with E-state index in [9.17, 15) is 0 Å². The first-order valence-corrected chi connectivity index (χ1v) is 5.76. The van der Waals surface area contributed by atoms with Crippen LogP contribution in [0.4, 0.5) is 0 Å². The average Bonchev–Trinajstić information content (AvgIpc) is 2.82. The Morgan fingerprint density at radius 3 is 2.83 bits per heavy atom. The normalized spacial score (nSPS) is 13.7. The Bertz CT molecular complexity index is 533. The fraction of sp³-hybridized carbons (Fsp3) is 0.250. The van der Waals surface area contributed by atoms with Crippen molar-refractivity contribution >= 4 is 11.6 Å². The Morgan fingerprint density at radius 1 is 1.44 bits per heavy atom. The third kappa shape index (κ3) is 2.53. The number of halogens is 1. The lowest BCUT2D eigenvalue weighted by atomic mass is 10.2. The van der Waals surface area contributed by atoms with Gasteiger partial charge in [0.1, 0.15) is 23.1 Å². The fourth-order valence-electron chi connectivity index (χ4n) is 1.79. The van der Waals surface area contributed by atoms with Gasteiger partial charge in [0.05, 0.1) is 0 Å². The molecule has 2 heterocycles. The molecule has 1 aliphatic heterocycles. The lowest BCUT2D eigenvalue weighted by molar-refractivity contribution is 0.386. The first-order valence-electron chi connectivity index (χ1n) is 5.38. The van der Waals surface area contributed by atoms with Crippen LogP contribution in [0.2, 0.25) is 5.15 Å². The van der Waals surface area contributed by atoms with Crippen LogP contribution in [0.15, 0.2) is 29.7 Å². The molecule has 0 radical (unpaired) electrons. The average molecular weight is 260 g/mol. The lowest BCUT2D eigenvalue weighted by Crippen LogP contribution is -2.21. The molecule has 18 heavy (non-hydrogen) atoms. The minimum Gasteiger partial charge on any atom is -0.368 e. The molecule has 0 bridgehead atoms. The molecule has 0 atom stereocenters. The van der Waals surface area contributed by atoms with E-state index in [-0.39, 0.29) is 5.57 Å². The molecule has 0 spiro atoms. The monoisotopic (exact) mass is 259 g/mol. The van der Waals surface area contributed by atoms with Crippen molar-refractivity contribution in [3.05, 3.63) is 40.4 Å².